The number of methoxy groups -OCH3 is 1. The van der Waals surface area contributed by atoms with Gasteiger partial charge in [-0.3, -0.25) is 4.79 Å². The fourth-order valence-electron chi connectivity index (χ4n) is 3.57. The Labute approximate surface area is 120 Å². The van der Waals surface area contributed by atoms with Crippen molar-refractivity contribution >= 4 is 5.91 Å². The number of hydrogen-bond donors (Lipinski definition) is 1. The van der Waals surface area contributed by atoms with Crippen LogP contribution >= 0.6 is 0 Å². The Morgan fingerprint density at radius 2 is 2.00 bits per heavy atom. The van der Waals surface area contributed by atoms with Crippen LogP contribution in [0, 0.1) is 17.8 Å². The van der Waals surface area contributed by atoms with E-state index in [4.69, 9.17) is 4.74 Å². The zero-order chi connectivity index (χ0) is 14.1. The molecule has 3 rings (SSSR count). The second-order valence-electron chi connectivity index (χ2n) is 6.14. The number of para-hydroxylation sites is 1. The summed E-state index contributed by atoms with van der Waals surface area (Å²) in [6.07, 6.45) is 4.43. The number of rotatable bonds is 5. The molecule has 2 aliphatic rings. The Morgan fingerprint density at radius 3 is 2.65 bits per heavy atom. The maximum atomic E-state index is 12.4. The fraction of sp³-hybridized carbons (Fsp3) is 0.588. The largest absolute Gasteiger partial charge is 0.496 e. The van der Waals surface area contributed by atoms with Crippen molar-refractivity contribution < 1.29 is 9.53 Å². The van der Waals surface area contributed by atoms with Crippen LogP contribution in [0.4, 0.5) is 0 Å². The second-order valence-corrected chi connectivity index (χ2v) is 6.14. The van der Waals surface area contributed by atoms with Crippen LogP contribution in [0.2, 0.25) is 0 Å². The lowest BCUT2D eigenvalue weighted by Crippen LogP contribution is -2.33. The summed E-state index contributed by atoms with van der Waals surface area (Å²) in [6, 6.07) is 8.00. The lowest BCUT2D eigenvalue weighted by molar-refractivity contribution is -0.125. The number of hydrogen-bond acceptors (Lipinski definition) is 2. The standard InChI is InChI=1S/C17H23NO2/c1-3-15(14-6-4-5-7-16(14)20-2)18-17(19)13-9-11-8-12(11)10-13/h4-7,11-13,15H,3,8-10H2,1-2H3,(H,18,19). The molecule has 108 valence electrons. The zero-order valence-corrected chi connectivity index (χ0v) is 12.3. The number of carbonyl (C=O) groups is 1. The van der Waals surface area contributed by atoms with Gasteiger partial charge in [0, 0.05) is 11.5 Å². The first kappa shape index (κ1) is 13.5. The summed E-state index contributed by atoms with van der Waals surface area (Å²) in [7, 11) is 1.68. The summed E-state index contributed by atoms with van der Waals surface area (Å²) in [5, 5.41) is 3.22. The molecule has 1 amide bonds. The van der Waals surface area contributed by atoms with Gasteiger partial charge >= 0.3 is 0 Å². The van der Waals surface area contributed by atoms with Gasteiger partial charge in [-0.1, -0.05) is 25.1 Å². The van der Waals surface area contributed by atoms with Crippen LogP contribution in [0.25, 0.3) is 0 Å². The quantitative estimate of drug-likeness (QED) is 0.894. The number of benzene rings is 1. The lowest BCUT2D eigenvalue weighted by Gasteiger charge is -2.22. The van der Waals surface area contributed by atoms with Gasteiger partial charge in [0.2, 0.25) is 5.91 Å². The van der Waals surface area contributed by atoms with Gasteiger partial charge in [0.05, 0.1) is 13.2 Å². The summed E-state index contributed by atoms with van der Waals surface area (Å²) in [4.78, 5) is 12.4. The Balaban J connectivity index is 1.68. The zero-order valence-electron chi connectivity index (χ0n) is 12.3. The Bertz CT molecular complexity index is 490. The molecule has 3 heteroatoms. The highest BCUT2D eigenvalue weighted by Crippen LogP contribution is 2.54. The van der Waals surface area contributed by atoms with Crippen molar-refractivity contribution in [2.75, 3.05) is 7.11 Å². The third kappa shape index (κ3) is 2.54. The van der Waals surface area contributed by atoms with E-state index in [1.54, 1.807) is 7.11 Å². The van der Waals surface area contributed by atoms with Crippen LogP contribution in [0.3, 0.4) is 0 Å². The smallest absolute Gasteiger partial charge is 0.223 e. The van der Waals surface area contributed by atoms with E-state index < -0.39 is 0 Å². The minimum Gasteiger partial charge on any atom is -0.496 e. The summed E-state index contributed by atoms with van der Waals surface area (Å²) >= 11 is 0. The van der Waals surface area contributed by atoms with Gasteiger partial charge in [-0.25, -0.2) is 0 Å². The normalized spacial score (nSPS) is 28.6. The van der Waals surface area contributed by atoms with Gasteiger partial charge in [0.1, 0.15) is 5.75 Å². The molecule has 3 atom stereocenters. The van der Waals surface area contributed by atoms with E-state index >= 15 is 0 Å². The van der Waals surface area contributed by atoms with Crippen molar-refractivity contribution in [3.63, 3.8) is 0 Å². The molecule has 20 heavy (non-hydrogen) atoms. The van der Waals surface area contributed by atoms with Crippen molar-refractivity contribution in [3.05, 3.63) is 29.8 Å². The molecule has 1 aromatic rings. The maximum absolute atomic E-state index is 12.4. The van der Waals surface area contributed by atoms with E-state index in [1.165, 1.54) is 6.42 Å². The van der Waals surface area contributed by atoms with Gasteiger partial charge < -0.3 is 10.1 Å². The van der Waals surface area contributed by atoms with Gasteiger partial charge in [-0.05, 0) is 43.6 Å². The lowest BCUT2D eigenvalue weighted by atomic mass is 9.99. The molecule has 0 bridgehead atoms. The maximum Gasteiger partial charge on any atom is 0.223 e. The van der Waals surface area contributed by atoms with Gasteiger partial charge in [-0.2, -0.15) is 0 Å². The van der Waals surface area contributed by atoms with Gasteiger partial charge in [0.25, 0.3) is 0 Å². The molecule has 3 nitrogen and oxygen atoms in total. The van der Waals surface area contributed by atoms with Crippen LogP contribution in [0.1, 0.15) is 44.2 Å². The molecule has 0 spiro atoms. The number of amides is 1. The molecule has 1 N–H and O–H groups in total. The minimum absolute atomic E-state index is 0.0515. The first-order valence-corrected chi connectivity index (χ1v) is 7.66. The summed E-state index contributed by atoms with van der Waals surface area (Å²) in [5.41, 5.74) is 1.08. The van der Waals surface area contributed by atoms with E-state index in [9.17, 15) is 4.79 Å². The average molecular weight is 273 g/mol. The molecule has 2 saturated carbocycles. The third-order valence-electron chi connectivity index (χ3n) is 4.85. The Hall–Kier alpha value is -1.51. The molecular formula is C17H23NO2. The average Bonchev–Trinajstić information content (AvgIpc) is 3.10. The molecule has 0 saturated heterocycles. The highest BCUT2D eigenvalue weighted by Gasteiger charge is 2.48. The first-order valence-electron chi connectivity index (χ1n) is 7.66. The number of carbonyl (C=O) groups excluding carboxylic acids is 1. The van der Waals surface area contributed by atoms with Crippen LogP contribution in [0.5, 0.6) is 5.75 Å². The van der Waals surface area contributed by atoms with E-state index in [-0.39, 0.29) is 17.9 Å². The predicted octanol–water partition coefficient (Wildman–Crippen LogP) is 3.31. The molecular weight excluding hydrogens is 250 g/mol. The van der Waals surface area contributed by atoms with Crippen LogP contribution < -0.4 is 10.1 Å². The SMILES string of the molecule is CCC(NC(=O)C1CC2CC2C1)c1ccccc1OC. The molecule has 2 aliphatic carbocycles. The molecule has 2 fully saturated rings. The number of nitrogens with one attached hydrogen (secondary N) is 1. The highest BCUT2D eigenvalue weighted by atomic mass is 16.5. The number of ether oxygens (including phenoxy) is 1. The van der Waals surface area contributed by atoms with E-state index in [0.717, 1.165) is 42.4 Å². The van der Waals surface area contributed by atoms with Crippen LogP contribution in [-0.2, 0) is 4.79 Å². The van der Waals surface area contributed by atoms with Crippen LogP contribution in [-0.4, -0.2) is 13.0 Å². The summed E-state index contributed by atoms with van der Waals surface area (Å²) in [5.74, 6) is 3.01. The van der Waals surface area contributed by atoms with Crippen molar-refractivity contribution in [3.8, 4) is 5.75 Å². The second kappa shape index (κ2) is 5.47. The van der Waals surface area contributed by atoms with E-state index in [2.05, 4.69) is 12.2 Å². The Kier molecular flexibility index (Phi) is 3.68. The molecule has 0 aliphatic heterocycles. The highest BCUT2D eigenvalue weighted by molar-refractivity contribution is 5.79. The van der Waals surface area contributed by atoms with E-state index in [0.29, 0.717) is 0 Å². The molecule has 0 aromatic heterocycles. The number of fused-ring (bicyclic) bond motifs is 1. The molecule has 3 unspecified atom stereocenters. The van der Waals surface area contributed by atoms with Crippen molar-refractivity contribution in [1.29, 1.82) is 0 Å². The topological polar surface area (TPSA) is 38.3 Å². The van der Waals surface area contributed by atoms with Gasteiger partial charge in [0.15, 0.2) is 0 Å². The summed E-state index contributed by atoms with van der Waals surface area (Å²) < 4.78 is 5.41. The van der Waals surface area contributed by atoms with Gasteiger partial charge in [-0.15, -0.1) is 0 Å². The van der Waals surface area contributed by atoms with Crippen molar-refractivity contribution in [1.82, 2.24) is 5.32 Å². The molecule has 0 heterocycles. The van der Waals surface area contributed by atoms with Crippen molar-refractivity contribution in [2.24, 2.45) is 17.8 Å². The first-order chi connectivity index (χ1) is 9.72. The Morgan fingerprint density at radius 1 is 1.30 bits per heavy atom. The fourth-order valence-corrected chi connectivity index (χ4v) is 3.57. The summed E-state index contributed by atoms with van der Waals surface area (Å²) in [6.45, 7) is 2.10. The van der Waals surface area contributed by atoms with Crippen molar-refractivity contribution in [2.45, 2.75) is 38.6 Å². The molecule has 1 aromatic carbocycles. The predicted molar refractivity (Wildman–Crippen MR) is 78.5 cm³/mol. The minimum atomic E-state index is 0.0515. The third-order valence-corrected chi connectivity index (χ3v) is 4.85. The van der Waals surface area contributed by atoms with Crippen LogP contribution in [0.15, 0.2) is 24.3 Å². The monoisotopic (exact) mass is 273 g/mol. The molecule has 0 radical (unpaired) electrons. The van der Waals surface area contributed by atoms with E-state index in [1.807, 2.05) is 24.3 Å².